The fourth-order valence-corrected chi connectivity index (χ4v) is 10.2. The van der Waals surface area contributed by atoms with E-state index in [0.717, 1.165) is 0 Å². The van der Waals surface area contributed by atoms with Crippen molar-refractivity contribution in [2.24, 2.45) is 34.8 Å². The van der Waals surface area contributed by atoms with Crippen molar-refractivity contribution in [3.63, 3.8) is 0 Å². The Morgan fingerprint density at radius 3 is 1.24 bits per heavy atom. The van der Waals surface area contributed by atoms with Crippen LogP contribution in [0.4, 0.5) is 0 Å². The van der Waals surface area contributed by atoms with Crippen LogP contribution in [-0.2, 0) is 60.8 Å². The largest absolute Gasteiger partial charge is 0.508 e. The van der Waals surface area contributed by atoms with Crippen LogP contribution in [0.25, 0.3) is 0 Å². The predicted molar refractivity (Wildman–Crippen MR) is 357 cm³/mol. The van der Waals surface area contributed by atoms with Crippen molar-refractivity contribution >= 4 is 101 Å². The highest BCUT2D eigenvalue weighted by Gasteiger charge is 2.36. The van der Waals surface area contributed by atoms with Gasteiger partial charge in [0.15, 0.2) is 17.9 Å². The molecule has 2 aromatic rings. The number of carboxylic acids is 1. The minimum Gasteiger partial charge on any atom is -0.508 e. The first-order valence-corrected chi connectivity index (χ1v) is 33.6. The van der Waals surface area contributed by atoms with Crippen molar-refractivity contribution in [3.05, 3.63) is 48.0 Å². The number of phenols is 1. The number of aliphatic carboxylic acids is 1. The number of benzene rings is 1. The van der Waals surface area contributed by atoms with Crippen molar-refractivity contribution < 1.29 is 63.3 Å². The normalized spacial score (nSPS) is 14.3. The lowest BCUT2D eigenvalue weighted by Crippen LogP contribution is -2.61. The van der Waals surface area contributed by atoms with Gasteiger partial charge in [0.25, 0.3) is 0 Å². The van der Waals surface area contributed by atoms with E-state index >= 15 is 0 Å². The molecule has 0 saturated carbocycles. The number of hydrogen-bond acceptors (Lipinski definition) is 19. The van der Waals surface area contributed by atoms with Gasteiger partial charge in [-0.25, -0.2) is 9.78 Å². The zero-order chi connectivity index (χ0) is 70.5. The number of aliphatic hydroxyl groups excluding tert-OH is 1. The molecule has 1 aromatic heterocycles. The molecule has 0 bridgehead atoms. The molecule has 36 heteroatoms. The zero-order valence-electron chi connectivity index (χ0n) is 54.1. The molecule has 526 valence electrons. The number of aliphatic hydroxyl groups is 1. The molecule has 94 heavy (non-hydrogen) atoms. The molecule has 0 aliphatic heterocycles. The summed E-state index contributed by atoms with van der Waals surface area (Å²) in [6.07, 6.45) is 6.27. The van der Waals surface area contributed by atoms with Crippen molar-refractivity contribution in [1.82, 2.24) is 73.8 Å². The van der Waals surface area contributed by atoms with Gasteiger partial charge in [0.05, 0.1) is 24.7 Å². The third-order valence-electron chi connectivity index (χ3n) is 14.2. The molecule has 9 amide bonds. The Kier molecular flexibility index (Phi) is 38.2. The highest BCUT2D eigenvalue weighted by atomic mass is 32.2. The number of carbonyl (C=O) groups excluding carboxylic acids is 9. The maximum atomic E-state index is 14.9. The number of hydrogen-bond donors (Lipinski definition) is 23. The summed E-state index contributed by atoms with van der Waals surface area (Å²) >= 11 is 2.80. The van der Waals surface area contributed by atoms with Gasteiger partial charge in [-0.1, -0.05) is 39.8 Å². The first-order valence-electron chi connectivity index (χ1n) is 30.8. The number of nitrogens with one attached hydrogen (secondary N) is 16. The standard InChI is InChI=1S/C58H99N21O13S2/c1-31(2)24-41(76-54(90)45(29-80)79-46(82)36(59)17-22-93-5)50(86)71-38(11-8-20-68-57(62)63)48(84)75-42(25-32(3)4)51(87)78-44(27-34-28-66-30-70-34)53(89)77-43(26-33-13-15-35(81)16-14-33)52(88)72-37(10-7-19-67-56(60)61)47(83)73-39(18-23-94-6)49(85)74-40(55(91)92)12-9-21-69-58(64)65/h13-16,28,30-32,36-45,80-81H,7-12,17-27,29,59H2,1-6H3,(H,66,70)(H,71,86)(H,72,88)(H,73,83)(H,74,85)(H,75,84)(H,76,90)(H,77,89)(H,78,87)(H,79,82)(H,91,92)(H4,60,61,67)(H4,62,63,68)(H4,64,65,69)/t36-,37-,38-,39-,40-,41-,42-,43-,44-,45-/m0/s1. The van der Waals surface area contributed by atoms with E-state index in [-0.39, 0.29) is 138 Å². The Balaban J connectivity index is 2.62. The molecule has 0 aliphatic rings. The molecule has 0 radical (unpaired) electrons. The average molecular weight is 1360 g/mol. The lowest BCUT2D eigenvalue weighted by molar-refractivity contribution is -0.142. The number of nitrogens with two attached hydrogens (primary N) is 4. The van der Waals surface area contributed by atoms with Crippen LogP contribution in [0.2, 0.25) is 0 Å². The molecule has 34 nitrogen and oxygen atoms in total. The maximum Gasteiger partial charge on any atom is 0.326 e. The van der Waals surface area contributed by atoms with Gasteiger partial charge in [-0.05, 0) is 118 Å². The van der Waals surface area contributed by atoms with Crippen LogP contribution in [0.1, 0.15) is 103 Å². The molecule has 0 saturated heterocycles. The third kappa shape index (κ3) is 32.8. The van der Waals surface area contributed by atoms with E-state index in [2.05, 4.69) is 73.8 Å². The van der Waals surface area contributed by atoms with E-state index in [4.69, 9.17) is 39.2 Å². The molecule has 0 spiro atoms. The number of aromatic nitrogens is 2. The van der Waals surface area contributed by atoms with Crippen molar-refractivity contribution in [2.75, 3.05) is 50.3 Å². The maximum absolute atomic E-state index is 14.9. The molecule has 1 heterocycles. The average Bonchev–Trinajstić information content (AvgIpc) is 1.04. The molecule has 27 N–H and O–H groups in total. The molecule has 1 aromatic carbocycles. The van der Waals surface area contributed by atoms with Gasteiger partial charge in [0.1, 0.15) is 60.1 Å². The molecular formula is C58H99N21O13S2. The Morgan fingerprint density at radius 2 is 0.851 bits per heavy atom. The van der Waals surface area contributed by atoms with Crippen LogP contribution in [0, 0.1) is 28.1 Å². The van der Waals surface area contributed by atoms with Crippen LogP contribution in [0.3, 0.4) is 0 Å². The number of carboxylic acid groups (broad SMARTS) is 1. The fourth-order valence-electron chi connectivity index (χ4n) is 9.22. The van der Waals surface area contributed by atoms with E-state index in [1.807, 2.05) is 6.26 Å². The smallest absolute Gasteiger partial charge is 0.326 e. The lowest BCUT2D eigenvalue weighted by atomic mass is 10.00. The minimum atomic E-state index is -1.55. The monoisotopic (exact) mass is 1360 g/mol. The van der Waals surface area contributed by atoms with Gasteiger partial charge >= 0.3 is 5.97 Å². The summed E-state index contributed by atoms with van der Waals surface area (Å²) in [7, 11) is 0. The minimum absolute atomic E-state index is 0.0252. The number of guanidine groups is 3. The van der Waals surface area contributed by atoms with Crippen LogP contribution >= 0.6 is 23.5 Å². The van der Waals surface area contributed by atoms with Gasteiger partial charge in [-0.2, -0.15) is 23.5 Å². The Bertz CT molecular complexity index is 2790. The predicted octanol–water partition coefficient (Wildman–Crippen LogP) is -3.94. The van der Waals surface area contributed by atoms with E-state index in [1.54, 1.807) is 34.0 Å². The highest BCUT2D eigenvalue weighted by Crippen LogP contribution is 2.15. The van der Waals surface area contributed by atoms with Crippen molar-refractivity contribution in [2.45, 2.75) is 165 Å². The van der Waals surface area contributed by atoms with E-state index in [1.165, 1.54) is 60.3 Å². The van der Waals surface area contributed by atoms with Crippen LogP contribution in [-0.4, -0.2) is 213 Å². The summed E-state index contributed by atoms with van der Waals surface area (Å²) in [5.74, 6) is -9.95. The van der Waals surface area contributed by atoms with Crippen LogP contribution in [0.5, 0.6) is 5.75 Å². The summed E-state index contributed by atoms with van der Waals surface area (Å²) < 4.78 is 0. The molecular weight excluding hydrogens is 1260 g/mol. The Hall–Kier alpha value is -8.64. The zero-order valence-corrected chi connectivity index (χ0v) is 55.8. The fraction of sp³-hybridized carbons (Fsp3) is 0.621. The van der Waals surface area contributed by atoms with Crippen molar-refractivity contribution in [3.8, 4) is 5.75 Å². The second kappa shape index (κ2) is 44.0. The van der Waals surface area contributed by atoms with Crippen LogP contribution in [0.15, 0.2) is 36.8 Å². The summed E-state index contributed by atoms with van der Waals surface area (Å²) in [6.45, 7) is 6.52. The summed E-state index contributed by atoms with van der Waals surface area (Å²) in [5.41, 5.74) is 23.0. The highest BCUT2D eigenvalue weighted by molar-refractivity contribution is 7.98. The third-order valence-corrected chi connectivity index (χ3v) is 15.4. The number of carbonyl (C=O) groups is 10. The summed E-state index contributed by atoms with van der Waals surface area (Å²) in [4.78, 5) is 147. The van der Waals surface area contributed by atoms with E-state index in [0.29, 0.717) is 17.1 Å². The molecule has 10 atom stereocenters. The number of H-pyrrole nitrogens is 1. The number of rotatable bonds is 46. The van der Waals surface area contributed by atoms with Gasteiger partial charge in [-0.3, -0.25) is 59.4 Å². The van der Waals surface area contributed by atoms with E-state index in [9.17, 15) is 63.3 Å². The number of thioether (sulfide) groups is 2. The molecule has 2 rings (SSSR count). The van der Waals surface area contributed by atoms with Crippen molar-refractivity contribution in [1.29, 1.82) is 16.2 Å². The molecule has 0 fully saturated rings. The number of imidazole rings is 1. The van der Waals surface area contributed by atoms with Crippen LogP contribution < -0.4 is 86.7 Å². The quantitative estimate of drug-likeness (QED) is 0.0171. The number of amides is 9. The lowest BCUT2D eigenvalue weighted by Gasteiger charge is -2.29. The first-order chi connectivity index (χ1) is 44.5. The summed E-state index contributed by atoms with van der Waals surface area (Å²) in [5, 5.41) is 84.3. The van der Waals surface area contributed by atoms with Gasteiger partial charge in [0.2, 0.25) is 53.2 Å². The molecule has 0 unspecified atom stereocenters. The molecule has 0 aliphatic carbocycles. The number of aromatic hydroxyl groups is 1. The Morgan fingerprint density at radius 1 is 0.500 bits per heavy atom. The van der Waals surface area contributed by atoms with Gasteiger partial charge in [-0.15, -0.1) is 0 Å². The number of aromatic amines is 1. The Labute approximate surface area is 555 Å². The topological polar surface area (TPSA) is 580 Å². The first kappa shape index (κ1) is 81.5. The summed E-state index contributed by atoms with van der Waals surface area (Å²) in [6, 6.07) is -8.20. The van der Waals surface area contributed by atoms with Gasteiger partial charge < -0.3 is 107 Å². The van der Waals surface area contributed by atoms with E-state index < -0.39 is 126 Å². The SMILES string of the molecule is CSCC[C@H](NC(=O)[C@H](CCCNC(=N)N)NC(=O)[C@H](Cc1ccc(O)cc1)NC(=O)[C@H](Cc1c[nH]cn1)NC(=O)[C@H](CC(C)C)NC(=O)[C@H](CCCNC(=N)N)NC(=O)[C@H](CC(C)C)NC(=O)[C@H](CO)NC(=O)[C@@H](N)CCSC)C(=O)N[C@@H](CCCNC(=N)N)C(=O)O. The van der Waals surface area contributed by atoms with Gasteiger partial charge in [0, 0.05) is 38.7 Å². The second-order valence-corrected chi connectivity index (χ2v) is 25.1. The number of phenolic OH excluding ortho intramolecular Hbond substituents is 1. The number of nitrogens with zero attached hydrogens (tertiary/aromatic N) is 1. The second-order valence-electron chi connectivity index (χ2n) is 23.1.